The topological polar surface area (TPSA) is 24.5 Å². The highest BCUT2D eigenvalue weighted by Crippen LogP contribution is 2.37. The minimum atomic E-state index is -4.83. The van der Waals surface area contributed by atoms with Gasteiger partial charge in [0.2, 0.25) is 0 Å². The van der Waals surface area contributed by atoms with Gasteiger partial charge < -0.3 is 10.1 Å². The second-order valence-electron chi connectivity index (χ2n) is 6.58. The van der Waals surface area contributed by atoms with Gasteiger partial charge in [-0.1, -0.05) is 23.7 Å². The van der Waals surface area contributed by atoms with Crippen LogP contribution in [0.3, 0.4) is 0 Å². The first-order chi connectivity index (χ1) is 13.5. The van der Waals surface area contributed by atoms with Crippen molar-refractivity contribution in [2.45, 2.75) is 18.6 Å². The number of alkyl halides is 6. The maximum absolute atomic E-state index is 13.3. The first kappa shape index (κ1) is 21.7. The molecule has 1 heterocycles. The highest BCUT2D eigenvalue weighted by Gasteiger charge is 2.34. The molecule has 0 spiro atoms. The summed E-state index contributed by atoms with van der Waals surface area (Å²) < 4.78 is 80.9. The average molecular weight is 439 g/mol. The van der Waals surface area contributed by atoms with E-state index in [1.807, 2.05) is 4.90 Å². The molecule has 1 atom stereocenters. The maximum Gasteiger partial charge on any atom is 0.573 e. The lowest BCUT2D eigenvalue weighted by Crippen LogP contribution is -2.45. The molecule has 1 fully saturated rings. The molecule has 1 N–H and O–H groups in total. The van der Waals surface area contributed by atoms with Gasteiger partial charge in [0.05, 0.1) is 11.6 Å². The van der Waals surface area contributed by atoms with E-state index in [2.05, 4.69) is 10.1 Å². The van der Waals surface area contributed by atoms with Crippen LogP contribution < -0.4 is 10.1 Å². The number of nitrogens with zero attached hydrogens (tertiary/aromatic N) is 1. The predicted octanol–water partition coefficient (Wildman–Crippen LogP) is 5.25. The smallest absolute Gasteiger partial charge is 0.406 e. The number of ether oxygens (including phenoxy) is 1. The third-order valence-electron chi connectivity index (χ3n) is 4.51. The predicted molar refractivity (Wildman–Crippen MR) is 95.9 cm³/mol. The minimum Gasteiger partial charge on any atom is -0.406 e. The molecule has 29 heavy (non-hydrogen) atoms. The van der Waals surface area contributed by atoms with Crippen LogP contribution in [0.15, 0.2) is 42.5 Å². The summed E-state index contributed by atoms with van der Waals surface area (Å²) in [4.78, 5) is 1.96. The molecule has 0 aromatic heterocycles. The third-order valence-corrected chi connectivity index (χ3v) is 4.73. The van der Waals surface area contributed by atoms with Crippen molar-refractivity contribution in [3.05, 3.63) is 64.2 Å². The van der Waals surface area contributed by atoms with Crippen molar-refractivity contribution in [2.75, 3.05) is 26.2 Å². The Labute approximate surface area is 168 Å². The van der Waals surface area contributed by atoms with Crippen LogP contribution in [0.1, 0.15) is 22.7 Å². The Kier molecular flexibility index (Phi) is 6.30. The number of piperazine rings is 1. The Balaban J connectivity index is 2.01. The molecule has 1 aliphatic rings. The fourth-order valence-electron chi connectivity index (χ4n) is 3.34. The van der Waals surface area contributed by atoms with E-state index >= 15 is 0 Å². The van der Waals surface area contributed by atoms with Gasteiger partial charge in [0.1, 0.15) is 5.75 Å². The first-order valence-corrected chi connectivity index (χ1v) is 9.09. The van der Waals surface area contributed by atoms with Crippen LogP contribution in [0.2, 0.25) is 5.02 Å². The van der Waals surface area contributed by atoms with E-state index < -0.39 is 29.9 Å². The van der Waals surface area contributed by atoms with Crippen molar-refractivity contribution < 1.29 is 31.1 Å². The van der Waals surface area contributed by atoms with E-state index in [-0.39, 0.29) is 5.02 Å². The van der Waals surface area contributed by atoms with Gasteiger partial charge in [0.15, 0.2) is 0 Å². The highest BCUT2D eigenvalue weighted by atomic mass is 35.5. The van der Waals surface area contributed by atoms with Gasteiger partial charge in [0, 0.05) is 31.2 Å². The summed E-state index contributed by atoms with van der Waals surface area (Å²) in [6, 6.07) is 7.85. The van der Waals surface area contributed by atoms with Crippen LogP contribution in [0.4, 0.5) is 26.3 Å². The van der Waals surface area contributed by atoms with Crippen molar-refractivity contribution in [1.29, 1.82) is 0 Å². The van der Waals surface area contributed by atoms with Crippen LogP contribution in [-0.4, -0.2) is 37.4 Å². The van der Waals surface area contributed by atoms with E-state index in [0.717, 1.165) is 24.3 Å². The molecule has 1 saturated heterocycles. The highest BCUT2D eigenvalue weighted by molar-refractivity contribution is 6.30. The monoisotopic (exact) mass is 438 g/mol. The first-order valence-electron chi connectivity index (χ1n) is 8.71. The summed E-state index contributed by atoms with van der Waals surface area (Å²) in [6.45, 7) is 2.38. The van der Waals surface area contributed by atoms with Gasteiger partial charge in [-0.05, 0) is 41.5 Å². The van der Waals surface area contributed by atoms with Gasteiger partial charge >= 0.3 is 12.5 Å². The van der Waals surface area contributed by atoms with Crippen molar-refractivity contribution >= 4 is 11.6 Å². The summed E-state index contributed by atoms with van der Waals surface area (Å²) in [5.41, 5.74) is -0.0230. The van der Waals surface area contributed by atoms with Crippen molar-refractivity contribution in [3.8, 4) is 5.75 Å². The van der Waals surface area contributed by atoms with Crippen LogP contribution in [0.25, 0.3) is 0 Å². The molecule has 3 nitrogen and oxygen atoms in total. The van der Waals surface area contributed by atoms with E-state index in [1.54, 1.807) is 0 Å². The molecule has 0 amide bonds. The summed E-state index contributed by atoms with van der Waals surface area (Å²) in [5.74, 6) is -0.401. The van der Waals surface area contributed by atoms with Gasteiger partial charge in [-0.25, -0.2) is 0 Å². The number of nitrogens with one attached hydrogen (secondary N) is 1. The van der Waals surface area contributed by atoms with Crippen LogP contribution in [0.5, 0.6) is 5.75 Å². The van der Waals surface area contributed by atoms with Crippen molar-refractivity contribution in [1.82, 2.24) is 10.2 Å². The molecule has 1 aliphatic heterocycles. The lowest BCUT2D eigenvalue weighted by Gasteiger charge is -2.36. The molecule has 0 unspecified atom stereocenters. The summed E-state index contributed by atoms with van der Waals surface area (Å²) in [6.07, 6.45) is -9.40. The van der Waals surface area contributed by atoms with E-state index in [4.69, 9.17) is 11.6 Å². The van der Waals surface area contributed by atoms with Crippen LogP contribution in [-0.2, 0) is 6.18 Å². The standard InChI is InChI=1S/C19H17ClF6N2O/c20-15-10-13(9-14(11-15)18(21,22)23)17(28-7-5-27-6-8-28)12-1-3-16(4-2-12)29-19(24,25)26/h1-4,9-11,17,27H,5-8H2/t17-/m0/s1. The molecule has 10 heteroatoms. The van der Waals surface area contributed by atoms with Gasteiger partial charge in [-0.15, -0.1) is 13.2 Å². The molecule has 2 aromatic rings. The zero-order valence-corrected chi connectivity index (χ0v) is 15.7. The molecule has 0 radical (unpaired) electrons. The second-order valence-corrected chi connectivity index (χ2v) is 7.01. The number of hydrogen-bond donors (Lipinski definition) is 1. The van der Waals surface area contributed by atoms with E-state index in [9.17, 15) is 26.3 Å². The summed E-state index contributed by atoms with van der Waals surface area (Å²) in [7, 11) is 0. The van der Waals surface area contributed by atoms with E-state index in [0.29, 0.717) is 37.3 Å². The summed E-state index contributed by atoms with van der Waals surface area (Å²) >= 11 is 5.95. The normalized spacial score (nSPS) is 17.2. The molecular formula is C19H17ClF6N2O. The third kappa shape index (κ3) is 5.77. The van der Waals surface area contributed by atoms with Crippen LogP contribution >= 0.6 is 11.6 Å². The fourth-order valence-corrected chi connectivity index (χ4v) is 3.58. The summed E-state index contributed by atoms with van der Waals surface area (Å²) in [5, 5.41) is 3.10. The molecular weight excluding hydrogens is 422 g/mol. The average Bonchev–Trinajstić information content (AvgIpc) is 2.62. The van der Waals surface area contributed by atoms with E-state index in [1.165, 1.54) is 18.2 Å². The molecule has 0 saturated carbocycles. The molecule has 2 aromatic carbocycles. The zero-order valence-electron chi connectivity index (χ0n) is 14.9. The quantitative estimate of drug-likeness (QED) is 0.660. The molecule has 158 valence electrons. The van der Waals surface area contributed by atoms with Gasteiger partial charge in [-0.3, -0.25) is 4.90 Å². The minimum absolute atomic E-state index is 0.0630. The number of benzene rings is 2. The number of hydrogen-bond acceptors (Lipinski definition) is 3. The zero-order chi connectivity index (χ0) is 21.2. The van der Waals surface area contributed by atoms with Crippen LogP contribution in [0, 0.1) is 0 Å². The van der Waals surface area contributed by atoms with Crippen molar-refractivity contribution in [3.63, 3.8) is 0 Å². The Bertz CT molecular complexity index is 832. The largest absolute Gasteiger partial charge is 0.573 e. The Morgan fingerprint density at radius 3 is 2.07 bits per heavy atom. The molecule has 3 rings (SSSR count). The Hall–Kier alpha value is -1.97. The maximum atomic E-state index is 13.3. The van der Waals surface area contributed by atoms with Gasteiger partial charge in [-0.2, -0.15) is 13.2 Å². The SMILES string of the molecule is FC(F)(F)Oc1ccc([C@@H](c2cc(Cl)cc(C(F)(F)F)c2)N2CCNCC2)cc1. The van der Waals surface area contributed by atoms with Gasteiger partial charge in [0.25, 0.3) is 0 Å². The number of rotatable bonds is 4. The fraction of sp³-hybridized carbons (Fsp3) is 0.368. The Morgan fingerprint density at radius 1 is 0.897 bits per heavy atom. The number of halogens is 7. The van der Waals surface area contributed by atoms with Crippen molar-refractivity contribution in [2.24, 2.45) is 0 Å². The lowest BCUT2D eigenvalue weighted by atomic mass is 9.94. The second kappa shape index (κ2) is 8.41. The Morgan fingerprint density at radius 2 is 1.52 bits per heavy atom. The molecule has 0 bridgehead atoms. The molecule has 0 aliphatic carbocycles. The lowest BCUT2D eigenvalue weighted by molar-refractivity contribution is -0.274.